The lowest BCUT2D eigenvalue weighted by Gasteiger charge is -2.27. The predicted molar refractivity (Wildman–Crippen MR) is 146 cm³/mol. The number of nitrogens with zero attached hydrogens (tertiary/aromatic N) is 3. The fraction of sp³-hybridized carbons (Fsp3) is 0.300. The number of carbonyl (C=O) groups is 2. The summed E-state index contributed by atoms with van der Waals surface area (Å²) >= 11 is 0. The Kier molecular flexibility index (Phi) is 8.56. The van der Waals surface area contributed by atoms with Crippen molar-refractivity contribution < 1.29 is 14.3 Å². The standard InChI is InChI=1S/C30H34N4O3/c1-22(2)33(20-23-12-5-4-6-13-23)29(35)21-34-26-16-9-8-15-25(26)32-28(34)18-11-19-31-30(36)24-14-7-10-17-27(24)37-3/h4-10,12-17,22H,11,18-21H2,1-3H3,(H,31,36). The number of hydrogen-bond acceptors (Lipinski definition) is 4. The molecule has 3 aromatic carbocycles. The minimum atomic E-state index is -0.172. The number of hydrogen-bond donors (Lipinski definition) is 1. The smallest absolute Gasteiger partial charge is 0.255 e. The van der Waals surface area contributed by atoms with E-state index in [1.165, 1.54) is 0 Å². The molecule has 7 heteroatoms. The molecule has 192 valence electrons. The number of amides is 2. The Morgan fingerprint density at radius 3 is 2.43 bits per heavy atom. The van der Waals surface area contributed by atoms with E-state index in [1.54, 1.807) is 19.2 Å². The van der Waals surface area contributed by atoms with Crippen molar-refractivity contribution in [3.8, 4) is 5.75 Å². The van der Waals surface area contributed by atoms with Crippen LogP contribution in [0.1, 0.15) is 42.0 Å². The molecule has 2 amide bonds. The van der Waals surface area contributed by atoms with Gasteiger partial charge >= 0.3 is 0 Å². The number of benzene rings is 3. The number of imidazole rings is 1. The highest BCUT2D eigenvalue weighted by molar-refractivity contribution is 5.96. The molecule has 37 heavy (non-hydrogen) atoms. The van der Waals surface area contributed by atoms with Crippen molar-refractivity contribution in [2.45, 2.75) is 45.8 Å². The van der Waals surface area contributed by atoms with Crippen LogP contribution in [-0.2, 0) is 24.3 Å². The van der Waals surface area contributed by atoms with Gasteiger partial charge in [-0.1, -0.05) is 54.6 Å². The van der Waals surface area contributed by atoms with E-state index in [-0.39, 0.29) is 24.4 Å². The third-order valence-corrected chi connectivity index (χ3v) is 6.38. The topological polar surface area (TPSA) is 76.5 Å². The number of methoxy groups -OCH3 is 1. The van der Waals surface area contributed by atoms with Gasteiger partial charge in [-0.05, 0) is 50.1 Å². The molecule has 7 nitrogen and oxygen atoms in total. The van der Waals surface area contributed by atoms with Crippen molar-refractivity contribution >= 4 is 22.8 Å². The number of para-hydroxylation sites is 3. The number of aromatic nitrogens is 2. The summed E-state index contributed by atoms with van der Waals surface area (Å²) in [5, 5.41) is 2.97. The first-order valence-corrected chi connectivity index (χ1v) is 12.7. The summed E-state index contributed by atoms with van der Waals surface area (Å²) in [6.45, 7) is 5.35. The molecule has 0 unspecified atom stereocenters. The lowest BCUT2D eigenvalue weighted by Crippen LogP contribution is -2.38. The van der Waals surface area contributed by atoms with Gasteiger partial charge in [0.05, 0.1) is 23.7 Å². The Labute approximate surface area is 218 Å². The van der Waals surface area contributed by atoms with Crippen molar-refractivity contribution in [3.05, 3.63) is 95.8 Å². The molecule has 1 aromatic heterocycles. The van der Waals surface area contributed by atoms with Crippen LogP contribution in [0, 0.1) is 0 Å². The Hall–Kier alpha value is -4.13. The highest BCUT2D eigenvalue weighted by atomic mass is 16.5. The number of carbonyl (C=O) groups excluding carboxylic acids is 2. The maximum Gasteiger partial charge on any atom is 0.255 e. The average Bonchev–Trinajstić information content (AvgIpc) is 3.26. The third-order valence-electron chi connectivity index (χ3n) is 6.38. The molecule has 0 aliphatic heterocycles. The largest absolute Gasteiger partial charge is 0.496 e. The van der Waals surface area contributed by atoms with E-state index in [2.05, 4.69) is 5.32 Å². The lowest BCUT2D eigenvalue weighted by atomic mass is 10.2. The van der Waals surface area contributed by atoms with Crippen molar-refractivity contribution in [2.24, 2.45) is 0 Å². The summed E-state index contributed by atoms with van der Waals surface area (Å²) in [6, 6.07) is 25.2. The number of rotatable bonds is 11. The van der Waals surface area contributed by atoms with Crippen LogP contribution in [0.15, 0.2) is 78.9 Å². The zero-order valence-electron chi connectivity index (χ0n) is 21.7. The molecule has 1 heterocycles. The summed E-state index contributed by atoms with van der Waals surface area (Å²) in [7, 11) is 1.55. The van der Waals surface area contributed by atoms with E-state index in [1.807, 2.05) is 90.0 Å². The van der Waals surface area contributed by atoms with Crippen LogP contribution >= 0.6 is 0 Å². The summed E-state index contributed by atoms with van der Waals surface area (Å²) in [5.74, 6) is 1.26. The molecular weight excluding hydrogens is 464 g/mol. The zero-order chi connectivity index (χ0) is 26.2. The molecule has 0 aliphatic carbocycles. The fourth-order valence-electron chi connectivity index (χ4n) is 4.43. The van der Waals surface area contributed by atoms with Crippen molar-refractivity contribution in [2.75, 3.05) is 13.7 Å². The van der Waals surface area contributed by atoms with Crippen LogP contribution in [0.2, 0.25) is 0 Å². The van der Waals surface area contributed by atoms with Crippen molar-refractivity contribution in [1.29, 1.82) is 0 Å². The minimum Gasteiger partial charge on any atom is -0.496 e. The van der Waals surface area contributed by atoms with Gasteiger partial charge < -0.3 is 19.5 Å². The first-order valence-electron chi connectivity index (χ1n) is 12.7. The molecule has 0 radical (unpaired) electrons. The van der Waals surface area contributed by atoms with Gasteiger partial charge in [-0.3, -0.25) is 9.59 Å². The SMILES string of the molecule is COc1ccccc1C(=O)NCCCc1nc2ccccc2n1CC(=O)N(Cc1ccccc1)C(C)C. The van der Waals surface area contributed by atoms with E-state index in [9.17, 15) is 9.59 Å². The highest BCUT2D eigenvalue weighted by Gasteiger charge is 2.21. The van der Waals surface area contributed by atoms with Gasteiger partial charge in [0, 0.05) is 25.6 Å². The molecule has 4 aromatic rings. The fourth-order valence-corrected chi connectivity index (χ4v) is 4.43. The first-order chi connectivity index (χ1) is 18.0. The lowest BCUT2D eigenvalue weighted by molar-refractivity contribution is -0.134. The monoisotopic (exact) mass is 498 g/mol. The van der Waals surface area contributed by atoms with Gasteiger partial charge in [-0.25, -0.2) is 4.98 Å². The van der Waals surface area contributed by atoms with E-state index < -0.39 is 0 Å². The number of fused-ring (bicyclic) bond motifs is 1. The van der Waals surface area contributed by atoms with Crippen LogP contribution in [0.4, 0.5) is 0 Å². The maximum atomic E-state index is 13.5. The molecule has 0 saturated carbocycles. The Bertz CT molecular complexity index is 1350. The van der Waals surface area contributed by atoms with E-state index in [0.29, 0.717) is 37.2 Å². The second-order valence-corrected chi connectivity index (χ2v) is 9.26. The van der Waals surface area contributed by atoms with E-state index >= 15 is 0 Å². The van der Waals surface area contributed by atoms with Crippen LogP contribution in [0.5, 0.6) is 5.75 Å². The zero-order valence-corrected chi connectivity index (χ0v) is 21.7. The summed E-state index contributed by atoms with van der Waals surface area (Å²) < 4.78 is 7.31. The van der Waals surface area contributed by atoms with Crippen molar-refractivity contribution in [3.63, 3.8) is 0 Å². The molecule has 0 spiro atoms. The molecule has 0 fully saturated rings. The van der Waals surface area contributed by atoms with E-state index in [0.717, 1.165) is 22.4 Å². The molecule has 0 saturated heterocycles. The Balaban J connectivity index is 1.45. The van der Waals surface area contributed by atoms with Gasteiger partial charge in [0.1, 0.15) is 18.1 Å². The van der Waals surface area contributed by atoms with Crippen LogP contribution < -0.4 is 10.1 Å². The predicted octanol–water partition coefficient (Wildman–Crippen LogP) is 4.84. The van der Waals surface area contributed by atoms with Gasteiger partial charge in [0.25, 0.3) is 5.91 Å². The quantitative estimate of drug-likeness (QED) is 0.300. The number of aryl methyl sites for hydroxylation is 1. The van der Waals surface area contributed by atoms with E-state index in [4.69, 9.17) is 9.72 Å². The summed E-state index contributed by atoms with van der Waals surface area (Å²) in [6.07, 6.45) is 1.32. The summed E-state index contributed by atoms with van der Waals surface area (Å²) in [4.78, 5) is 32.8. The molecule has 0 bridgehead atoms. The van der Waals surface area contributed by atoms with Crippen LogP contribution in [0.25, 0.3) is 11.0 Å². The first kappa shape index (κ1) is 25.9. The second-order valence-electron chi connectivity index (χ2n) is 9.26. The molecule has 0 atom stereocenters. The number of nitrogens with one attached hydrogen (secondary N) is 1. The highest BCUT2D eigenvalue weighted by Crippen LogP contribution is 2.19. The Morgan fingerprint density at radius 2 is 1.68 bits per heavy atom. The maximum absolute atomic E-state index is 13.5. The molecule has 1 N–H and O–H groups in total. The third kappa shape index (κ3) is 6.36. The normalized spacial score (nSPS) is 11.0. The molecular formula is C30H34N4O3. The van der Waals surface area contributed by atoms with Crippen molar-refractivity contribution in [1.82, 2.24) is 19.8 Å². The van der Waals surface area contributed by atoms with Crippen LogP contribution in [-0.4, -0.2) is 46.0 Å². The summed E-state index contributed by atoms with van der Waals surface area (Å²) in [5.41, 5.74) is 3.41. The van der Waals surface area contributed by atoms with Crippen LogP contribution in [0.3, 0.4) is 0 Å². The van der Waals surface area contributed by atoms with Gasteiger partial charge in [-0.2, -0.15) is 0 Å². The number of ether oxygens (including phenoxy) is 1. The average molecular weight is 499 g/mol. The van der Waals surface area contributed by atoms with Gasteiger partial charge in [0.15, 0.2) is 0 Å². The molecule has 0 aliphatic rings. The second kappa shape index (κ2) is 12.2. The Morgan fingerprint density at radius 1 is 0.973 bits per heavy atom. The van der Waals surface area contributed by atoms with Gasteiger partial charge in [0.2, 0.25) is 5.91 Å². The minimum absolute atomic E-state index is 0.0488. The molecule has 4 rings (SSSR count). The van der Waals surface area contributed by atoms with Gasteiger partial charge in [-0.15, -0.1) is 0 Å².